The van der Waals surface area contributed by atoms with Gasteiger partial charge in [-0.2, -0.15) is 0 Å². The zero-order chi connectivity index (χ0) is 20.1. The number of benzene rings is 2. The molecule has 1 saturated carbocycles. The molecule has 1 aliphatic carbocycles. The van der Waals surface area contributed by atoms with Crippen molar-refractivity contribution in [1.82, 2.24) is 4.90 Å². The number of fused-ring (bicyclic) bond motifs is 1. The van der Waals surface area contributed by atoms with E-state index >= 15 is 0 Å². The summed E-state index contributed by atoms with van der Waals surface area (Å²) in [6.07, 6.45) is 14.5. The van der Waals surface area contributed by atoms with Gasteiger partial charge < -0.3 is 4.74 Å². The Bertz CT molecular complexity index is 779. The Morgan fingerprint density at radius 1 is 0.897 bits per heavy atom. The lowest BCUT2D eigenvalue weighted by Crippen LogP contribution is -2.41. The Labute approximate surface area is 177 Å². The second-order valence-corrected chi connectivity index (χ2v) is 9.60. The van der Waals surface area contributed by atoms with E-state index in [1.165, 1.54) is 93.6 Å². The van der Waals surface area contributed by atoms with Crippen molar-refractivity contribution in [2.45, 2.75) is 83.1 Å². The van der Waals surface area contributed by atoms with Crippen LogP contribution >= 0.6 is 0 Å². The van der Waals surface area contributed by atoms with Crippen LogP contribution in [0, 0.1) is 5.92 Å². The van der Waals surface area contributed by atoms with Crippen LogP contribution in [-0.4, -0.2) is 31.1 Å². The predicted molar refractivity (Wildman–Crippen MR) is 124 cm³/mol. The topological polar surface area (TPSA) is 12.5 Å². The van der Waals surface area contributed by atoms with Gasteiger partial charge in [0.1, 0.15) is 5.75 Å². The molecular formula is C27H39NO. The smallest absolute Gasteiger partial charge is 0.119 e. The minimum atomic E-state index is 0.580. The molecule has 0 spiro atoms. The van der Waals surface area contributed by atoms with Crippen molar-refractivity contribution in [1.29, 1.82) is 0 Å². The van der Waals surface area contributed by atoms with Crippen molar-refractivity contribution in [3.05, 3.63) is 42.0 Å². The Hall–Kier alpha value is -1.54. The molecule has 29 heavy (non-hydrogen) atoms. The number of likely N-dealkylation sites (tertiary alicyclic amines) is 1. The number of hydrogen-bond donors (Lipinski definition) is 0. The molecule has 2 aromatic carbocycles. The first-order valence-corrected chi connectivity index (χ1v) is 12.0. The van der Waals surface area contributed by atoms with Gasteiger partial charge in [-0.3, -0.25) is 4.90 Å². The van der Waals surface area contributed by atoms with Gasteiger partial charge in [0.2, 0.25) is 0 Å². The SMILES string of the molecule is COc1ccc2cc(C(C)CN3CCCCC3CCC3CCCCC3)ccc2c1. The van der Waals surface area contributed by atoms with Gasteiger partial charge in [-0.15, -0.1) is 0 Å². The molecule has 2 aromatic rings. The molecule has 0 N–H and O–H groups in total. The molecule has 158 valence electrons. The highest BCUT2D eigenvalue weighted by atomic mass is 16.5. The minimum Gasteiger partial charge on any atom is -0.497 e. The molecule has 4 rings (SSSR count). The van der Waals surface area contributed by atoms with Gasteiger partial charge in [0.15, 0.2) is 0 Å². The highest BCUT2D eigenvalue weighted by Crippen LogP contribution is 2.32. The zero-order valence-electron chi connectivity index (χ0n) is 18.5. The molecule has 0 aromatic heterocycles. The van der Waals surface area contributed by atoms with Gasteiger partial charge in [-0.05, 0) is 72.5 Å². The molecule has 2 unspecified atom stereocenters. The van der Waals surface area contributed by atoms with E-state index < -0.39 is 0 Å². The van der Waals surface area contributed by atoms with Crippen LogP contribution in [0.15, 0.2) is 36.4 Å². The van der Waals surface area contributed by atoms with Gasteiger partial charge in [0, 0.05) is 12.6 Å². The fourth-order valence-electron chi connectivity index (χ4n) is 5.66. The summed E-state index contributed by atoms with van der Waals surface area (Å²) in [6.45, 7) is 4.92. The summed E-state index contributed by atoms with van der Waals surface area (Å²) in [6, 6.07) is 14.2. The molecule has 0 bridgehead atoms. The van der Waals surface area contributed by atoms with E-state index in [9.17, 15) is 0 Å². The highest BCUT2D eigenvalue weighted by molar-refractivity contribution is 5.84. The number of rotatable bonds is 7. The first-order chi connectivity index (χ1) is 14.2. The minimum absolute atomic E-state index is 0.580. The van der Waals surface area contributed by atoms with E-state index in [0.29, 0.717) is 5.92 Å². The van der Waals surface area contributed by atoms with Gasteiger partial charge in [-0.1, -0.05) is 69.7 Å². The number of ether oxygens (including phenoxy) is 1. The second kappa shape index (κ2) is 9.98. The fraction of sp³-hybridized carbons (Fsp3) is 0.630. The lowest BCUT2D eigenvalue weighted by atomic mass is 9.84. The average molecular weight is 394 g/mol. The van der Waals surface area contributed by atoms with E-state index in [0.717, 1.165) is 17.7 Å². The number of methoxy groups -OCH3 is 1. The summed E-state index contributed by atoms with van der Waals surface area (Å²) in [5, 5.41) is 2.59. The van der Waals surface area contributed by atoms with Crippen LogP contribution in [0.5, 0.6) is 5.75 Å². The Morgan fingerprint density at radius 2 is 1.66 bits per heavy atom. The first-order valence-electron chi connectivity index (χ1n) is 12.0. The van der Waals surface area contributed by atoms with Crippen LogP contribution in [-0.2, 0) is 0 Å². The Kier molecular flexibility index (Phi) is 7.13. The average Bonchev–Trinajstić information content (AvgIpc) is 2.78. The highest BCUT2D eigenvalue weighted by Gasteiger charge is 2.25. The lowest BCUT2D eigenvalue weighted by Gasteiger charge is -2.38. The van der Waals surface area contributed by atoms with Crippen LogP contribution in [0.3, 0.4) is 0 Å². The van der Waals surface area contributed by atoms with Crippen LogP contribution in [0.1, 0.15) is 82.6 Å². The third kappa shape index (κ3) is 5.34. The summed E-state index contributed by atoms with van der Waals surface area (Å²) in [4.78, 5) is 2.83. The summed E-state index contributed by atoms with van der Waals surface area (Å²) in [7, 11) is 1.74. The largest absolute Gasteiger partial charge is 0.497 e. The van der Waals surface area contributed by atoms with Crippen molar-refractivity contribution >= 4 is 10.8 Å². The third-order valence-corrected chi connectivity index (χ3v) is 7.53. The van der Waals surface area contributed by atoms with Crippen LogP contribution in [0.25, 0.3) is 10.8 Å². The quantitative estimate of drug-likeness (QED) is 0.494. The standard InChI is InChI=1S/C27H39NO/c1-21(23-12-13-25-19-27(29-2)16-14-24(25)18-23)20-28-17-7-6-10-26(28)15-11-22-8-4-3-5-9-22/h12-14,16,18-19,21-22,26H,3-11,15,17,20H2,1-2H3. The molecule has 2 nitrogen and oxygen atoms in total. The first kappa shape index (κ1) is 20.7. The number of piperidine rings is 1. The van der Waals surface area contributed by atoms with E-state index in [1.54, 1.807) is 7.11 Å². The van der Waals surface area contributed by atoms with Crippen LogP contribution in [0.4, 0.5) is 0 Å². The van der Waals surface area contributed by atoms with Crippen molar-refractivity contribution in [2.24, 2.45) is 5.92 Å². The molecule has 0 amide bonds. The van der Waals surface area contributed by atoms with E-state index in [1.807, 2.05) is 0 Å². The molecule has 1 aliphatic heterocycles. The third-order valence-electron chi connectivity index (χ3n) is 7.53. The molecule has 2 aliphatic rings. The molecule has 1 heterocycles. The number of hydrogen-bond acceptors (Lipinski definition) is 2. The molecule has 1 saturated heterocycles. The van der Waals surface area contributed by atoms with Crippen molar-refractivity contribution < 1.29 is 4.74 Å². The summed E-state index contributed by atoms with van der Waals surface area (Å²) >= 11 is 0. The Morgan fingerprint density at radius 3 is 2.48 bits per heavy atom. The fourth-order valence-corrected chi connectivity index (χ4v) is 5.66. The maximum Gasteiger partial charge on any atom is 0.119 e. The Balaban J connectivity index is 1.38. The van der Waals surface area contributed by atoms with Gasteiger partial charge in [0.05, 0.1) is 7.11 Å². The molecule has 2 atom stereocenters. The normalized spacial score (nSPS) is 22.6. The van der Waals surface area contributed by atoms with Gasteiger partial charge in [-0.25, -0.2) is 0 Å². The second-order valence-electron chi connectivity index (χ2n) is 9.60. The maximum atomic E-state index is 5.37. The van der Waals surface area contributed by atoms with Gasteiger partial charge >= 0.3 is 0 Å². The monoisotopic (exact) mass is 393 g/mol. The molecule has 2 fully saturated rings. The summed E-state index contributed by atoms with van der Waals surface area (Å²) in [5.41, 5.74) is 1.47. The molecule has 2 heteroatoms. The lowest BCUT2D eigenvalue weighted by molar-refractivity contribution is 0.124. The van der Waals surface area contributed by atoms with E-state index in [-0.39, 0.29) is 0 Å². The van der Waals surface area contributed by atoms with Crippen molar-refractivity contribution in [3.8, 4) is 5.75 Å². The van der Waals surface area contributed by atoms with Gasteiger partial charge in [0.25, 0.3) is 0 Å². The molecular weight excluding hydrogens is 354 g/mol. The van der Waals surface area contributed by atoms with Crippen LogP contribution < -0.4 is 4.74 Å². The molecule has 0 radical (unpaired) electrons. The summed E-state index contributed by atoms with van der Waals surface area (Å²) in [5.74, 6) is 2.53. The van der Waals surface area contributed by atoms with E-state index in [4.69, 9.17) is 4.74 Å². The number of nitrogens with zero attached hydrogens (tertiary/aromatic N) is 1. The summed E-state index contributed by atoms with van der Waals surface area (Å²) < 4.78 is 5.37. The van der Waals surface area contributed by atoms with Crippen LogP contribution in [0.2, 0.25) is 0 Å². The maximum absolute atomic E-state index is 5.37. The predicted octanol–water partition coefficient (Wildman–Crippen LogP) is 7.17. The van der Waals surface area contributed by atoms with Crippen molar-refractivity contribution in [3.63, 3.8) is 0 Å². The zero-order valence-corrected chi connectivity index (χ0v) is 18.5. The van der Waals surface area contributed by atoms with E-state index in [2.05, 4.69) is 48.2 Å². The van der Waals surface area contributed by atoms with Crippen molar-refractivity contribution in [2.75, 3.05) is 20.2 Å².